The van der Waals surface area contributed by atoms with Crippen molar-refractivity contribution in [1.29, 1.82) is 0 Å². The van der Waals surface area contributed by atoms with Gasteiger partial charge in [0.2, 0.25) is 5.16 Å². The molecule has 0 spiro atoms. The van der Waals surface area contributed by atoms with Crippen molar-refractivity contribution in [3.05, 3.63) is 75.6 Å². The maximum absolute atomic E-state index is 12.8. The Labute approximate surface area is 159 Å². The summed E-state index contributed by atoms with van der Waals surface area (Å²) in [4.78, 5) is 23.1. The van der Waals surface area contributed by atoms with Gasteiger partial charge in [0.1, 0.15) is 0 Å². The highest BCUT2D eigenvalue weighted by Gasteiger charge is 2.38. The first-order chi connectivity index (χ1) is 13.2. The van der Waals surface area contributed by atoms with Crippen LogP contribution in [0.15, 0.2) is 58.6 Å². The van der Waals surface area contributed by atoms with E-state index in [-0.39, 0.29) is 15.1 Å². The fraction of sp³-hybridized carbons (Fsp3) is 0.0625. The minimum absolute atomic E-state index is 0.0394. The number of carbonyl (C=O) groups is 1. The van der Waals surface area contributed by atoms with E-state index in [0.29, 0.717) is 17.3 Å². The van der Waals surface area contributed by atoms with Gasteiger partial charge in [0.25, 0.3) is 11.5 Å². The average molecular weight is 409 g/mol. The lowest BCUT2D eigenvalue weighted by atomic mass is 10.0. The van der Waals surface area contributed by atoms with Gasteiger partial charge in [-0.2, -0.15) is 13.2 Å². The summed E-state index contributed by atoms with van der Waals surface area (Å²) in [5.41, 5.74) is -0.0653. The summed E-state index contributed by atoms with van der Waals surface area (Å²) in [5.74, 6) is 3.48. The number of halogens is 3. The third kappa shape index (κ3) is 3.81. The first kappa shape index (κ1) is 19.4. The molecule has 3 aromatic rings. The van der Waals surface area contributed by atoms with E-state index >= 15 is 0 Å². The van der Waals surface area contributed by atoms with Crippen molar-refractivity contribution >= 4 is 23.2 Å². The second kappa shape index (κ2) is 7.31. The van der Waals surface area contributed by atoms with Crippen molar-refractivity contribution < 1.29 is 22.9 Å². The van der Waals surface area contributed by atoms with Crippen LogP contribution in [0.5, 0.6) is 0 Å². The second-order valence-corrected chi connectivity index (χ2v) is 6.42. The fourth-order valence-electron chi connectivity index (χ4n) is 2.28. The number of aromatic nitrogens is 3. The third-order valence-electron chi connectivity index (χ3n) is 3.57. The van der Waals surface area contributed by atoms with Gasteiger partial charge in [0, 0.05) is 17.2 Å². The van der Waals surface area contributed by atoms with Crippen molar-refractivity contribution in [2.45, 2.75) is 16.2 Å². The average Bonchev–Trinajstić information content (AvgIpc) is 3.02. The lowest BCUT2D eigenvalue weighted by Crippen LogP contribution is -2.21. The van der Waals surface area contributed by atoms with Crippen molar-refractivity contribution in [2.75, 3.05) is 5.84 Å². The Bertz CT molecular complexity index is 1050. The van der Waals surface area contributed by atoms with E-state index in [1.165, 1.54) is 12.1 Å². The maximum Gasteiger partial charge on any atom is 0.453 e. The summed E-state index contributed by atoms with van der Waals surface area (Å²) in [5, 5.41) is 17.3. The summed E-state index contributed by atoms with van der Waals surface area (Å²) in [6.45, 7) is 0. The van der Waals surface area contributed by atoms with E-state index in [1.54, 1.807) is 30.3 Å². The van der Waals surface area contributed by atoms with Gasteiger partial charge in [-0.15, -0.1) is 10.2 Å². The highest BCUT2D eigenvalue weighted by atomic mass is 32.2. The van der Waals surface area contributed by atoms with Gasteiger partial charge < -0.3 is 5.84 Å². The normalized spacial score (nSPS) is 11.4. The molecular formula is C16H10F3N5O3S. The van der Waals surface area contributed by atoms with Crippen LogP contribution in [0.3, 0.4) is 0 Å². The van der Waals surface area contributed by atoms with Crippen LogP contribution in [0.2, 0.25) is 0 Å². The van der Waals surface area contributed by atoms with E-state index in [0.717, 1.165) is 6.07 Å². The molecule has 0 saturated carbocycles. The van der Waals surface area contributed by atoms with Crippen molar-refractivity contribution in [1.82, 2.24) is 14.9 Å². The summed E-state index contributed by atoms with van der Waals surface area (Å²) in [6.07, 6.45) is -4.82. The molecule has 12 heteroatoms. The number of rotatable bonds is 5. The molecule has 1 aromatic heterocycles. The molecule has 0 saturated heterocycles. The molecule has 0 aliphatic carbocycles. The molecule has 0 amide bonds. The fourth-order valence-corrected chi connectivity index (χ4v) is 3.12. The molecule has 0 aliphatic heterocycles. The Morgan fingerprint density at radius 3 is 2.36 bits per heavy atom. The third-order valence-corrected chi connectivity index (χ3v) is 4.60. The van der Waals surface area contributed by atoms with Gasteiger partial charge >= 0.3 is 6.18 Å². The number of ketones is 1. The monoisotopic (exact) mass is 409 g/mol. The molecule has 2 N–H and O–H groups in total. The summed E-state index contributed by atoms with van der Waals surface area (Å²) < 4.78 is 38.5. The number of hydrogen-bond donors (Lipinski definition) is 1. The number of nitrogens with two attached hydrogens (primary N) is 1. The number of alkyl halides is 3. The molecule has 3 rings (SSSR count). The Balaban J connectivity index is 1.96. The molecule has 0 radical (unpaired) electrons. The maximum atomic E-state index is 12.8. The lowest BCUT2D eigenvalue weighted by molar-refractivity contribution is -0.387. The Kier molecular flexibility index (Phi) is 5.05. The molecule has 144 valence electrons. The number of nitrogens with zero attached hydrogens (tertiary/aromatic N) is 4. The first-order valence-electron chi connectivity index (χ1n) is 7.52. The smallest absolute Gasteiger partial charge is 0.335 e. The largest absolute Gasteiger partial charge is 0.453 e. The zero-order valence-corrected chi connectivity index (χ0v) is 14.6. The molecule has 0 atom stereocenters. The van der Waals surface area contributed by atoms with Gasteiger partial charge in [-0.25, -0.2) is 4.68 Å². The number of nitrogen functional groups attached to an aromatic ring is 1. The topological polar surface area (TPSA) is 117 Å². The number of nitro groups is 1. The van der Waals surface area contributed by atoms with Gasteiger partial charge in [-0.1, -0.05) is 30.3 Å². The molecule has 28 heavy (non-hydrogen) atoms. The minimum atomic E-state index is -4.82. The Morgan fingerprint density at radius 2 is 1.79 bits per heavy atom. The van der Waals surface area contributed by atoms with Crippen LogP contribution in [0, 0.1) is 10.1 Å². The second-order valence-electron chi connectivity index (χ2n) is 5.41. The standard InChI is InChI=1S/C16H10F3N5O3S/c17-16(18,19)14-21-22-15(23(14)20)28-12-7-6-10(8-11(12)24(26)27)13(25)9-4-2-1-3-5-9/h1-8H,20H2. The molecule has 0 aliphatic rings. The van der Waals surface area contributed by atoms with Crippen molar-refractivity contribution in [2.24, 2.45) is 0 Å². The Morgan fingerprint density at radius 1 is 1.11 bits per heavy atom. The molecular weight excluding hydrogens is 399 g/mol. The summed E-state index contributed by atoms with van der Waals surface area (Å²) >= 11 is 0.534. The molecule has 1 heterocycles. The van der Waals surface area contributed by atoms with Crippen LogP contribution < -0.4 is 5.84 Å². The predicted molar refractivity (Wildman–Crippen MR) is 92.3 cm³/mol. The SMILES string of the molecule is Nn1c(Sc2ccc(C(=O)c3ccccc3)cc2[N+](=O)[O-])nnc1C(F)(F)F. The number of nitro benzene ring substituents is 1. The van der Waals surface area contributed by atoms with E-state index in [1.807, 2.05) is 0 Å². The van der Waals surface area contributed by atoms with Gasteiger partial charge in [-0.3, -0.25) is 14.9 Å². The first-order valence-corrected chi connectivity index (χ1v) is 8.34. The van der Waals surface area contributed by atoms with E-state index in [4.69, 9.17) is 5.84 Å². The highest BCUT2D eigenvalue weighted by molar-refractivity contribution is 7.99. The van der Waals surface area contributed by atoms with Crippen LogP contribution in [0.25, 0.3) is 0 Å². The van der Waals surface area contributed by atoms with E-state index < -0.39 is 33.6 Å². The molecule has 2 aromatic carbocycles. The van der Waals surface area contributed by atoms with Gasteiger partial charge in [0.05, 0.1) is 9.82 Å². The van der Waals surface area contributed by atoms with Crippen LogP contribution in [-0.4, -0.2) is 25.6 Å². The van der Waals surface area contributed by atoms with Crippen molar-refractivity contribution in [3.8, 4) is 0 Å². The molecule has 0 fully saturated rings. The van der Waals surface area contributed by atoms with Gasteiger partial charge in [-0.05, 0) is 23.9 Å². The minimum Gasteiger partial charge on any atom is -0.335 e. The summed E-state index contributed by atoms with van der Waals surface area (Å²) in [7, 11) is 0. The zero-order chi connectivity index (χ0) is 20.5. The lowest BCUT2D eigenvalue weighted by Gasteiger charge is -2.07. The quantitative estimate of drug-likeness (QED) is 0.297. The van der Waals surface area contributed by atoms with Gasteiger partial charge in [0.15, 0.2) is 5.78 Å². The van der Waals surface area contributed by atoms with Crippen LogP contribution in [-0.2, 0) is 6.18 Å². The zero-order valence-electron chi connectivity index (χ0n) is 13.8. The molecule has 8 nitrogen and oxygen atoms in total. The summed E-state index contributed by atoms with van der Waals surface area (Å²) in [6, 6.07) is 11.8. The molecule has 0 bridgehead atoms. The number of benzene rings is 2. The predicted octanol–water partition coefficient (Wildman–Crippen LogP) is 3.30. The van der Waals surface area contributed by atoms with E-state index in [9.17, 15) is 28.1 Å². The van der Waals surface area contributed by atoms with Crippen LogP contribution >= 0.6 is 11.8 Å². The van der Waals surface area contributed by atoms with Crippen LogP contribution in [0.1, 0.15) is 21.7 Å². The Hall–Kier alpha value is -3.41. The van der Waals surface area contributed by atoms with Crippen molar-refractivity contribution in [3.63, 3.8) is 0 Å². The number of carbonyl (C=O) groups excluding carboxylic acids is 1. The number of hydrogen-bond acceptors (Lipinski definition) is 7. The van der Waals surface area contributed by atoms with Crippen LogP contribution in [0.4, 0.5) is 18.9 Å². The highest BCUT2D eigenvalue weighted by Crippen LogP contribution is 2.36. The van der Waals surface area contributed by atoms with E-state index in [2.05, 4.69) is 10.2 Å². The molecule has 0 unspecified atom stereocenters.